The smallest absolute Gasteiger partial charge is 0.249 e. The molecule has 0 spiro atoms. The summed E-state index contributed by atoms with van der Waals surface area (Å²) in [6.07, 6.45) is 5.39. The predicted molar refractivity (Wildman–Crippen MR) is 66.5 cm³/mol. The number of rotatable bonds is 3. The Hall–Kier alpha value is -0.610. The third kappa shape index (κ3) is 2.99. The van der Waals surface area contributed by atoms with Gasteiger partial charge in [0.2, 0.25) is 5.91 Å². The van der Waals surface area contributed by atoms with Crippen molar-refractivity contribution in [2.75, 3.05) is 13.2 Å². The molecule has 0 radical (unpaired) electrons. The minimum absolute atomic E-state index is 0.0698. The number of carbonyl (C=O) groups is 1. The second-order valence-corrected chi connectivity index (χ2v) is 5.45. The molecule has 1 aliphatic carbocycles. The Balaban J connectivity index is 1.88. The zero-order chi connectivity index (χ0) is 12.3. The van der Waals surface area contributed by atoms with Crippen molar-refractivity contribution in [3.8, 4) is 0 Å². The van der Waals surface area contributed by atoms with Gasteiger partial charge in [0.1, 0.15) is 6.10 Å². The summed E-state index contributed by atoms with van der Waals surface area (Å²) < 4.78 is 5.49. The van der Waals surface area contributed by atoms with Gasteiger partial charge < -0.3 is 15.8 Å². The highest BCUT2D eigenvalue weighted by atomic mass is 16.5. The molecule has 0 aromatic carbocycles. The van der Waals surface area contributed by atoms with Crippen molar-refractivity contribution in [3.05, 3.63) is 0 Å². The highest BCUT2D eigenvalue weighted by molar-refractivity contribution is 5.81. The molecule has 1 heterocycles. The molecule has 1 saturated heterocycles. The number of carbonyl (C=O) groups excluding carboxylic acids is 1. The van der Waals surface area contributed by atoms with E-state index in [0.717, 1.165) is 19.3 Å². The lowest BCUT2D eigenvalue weighted by atomic mass is 9.84. The van der Waals surface area contributed by atoms with Gasteiger partial charge in [0, 0.05) is 12.6 Å². The number of hydrogen-bond donors (Lipinski definition) is 2. The first kappa shape index (κ1) is 12.8. The van der Waals surface area contributed by atoms with Crippen molar-refractivity contribution in [1.29, 1.82) is 0 Å². The zero-order valence-corrected chi connectivity index (χ0v) is 10.7. The first-order valence-corrected chi connectivity index (χ1v) is 6.84. The summed E-state index contributed by atoms with van der Waals surface area (Å²) in [5.74, 6) is 0.861. The van der Waals surface area contributed by atoms with Gasteiger partial charge in [-0.15, -0.1) is 0 Å². The van der Waals surface area contributed by atoms with Crippen molar-refractivity contribution in [2.24, 2.45) is 17.6 Å². The van der Waals surface area contributed by atoms with Crippen molar-refractivity contribution < 1.29 is 9.53 Å². The summed E-state index contributed by atoms with van der Waals surface area (Å²) in [5.41, 5.74) is 5.77. The van der Waals surface area contributed by atoms with Crippen molar-refractivity contribution in [1.82, 2.24) is 5.32 Å². The van der Waals surface area contributed by atoms with Crippen LogP contribution in [0.2, 0.25) is 0 Å². The van der Waals surface area contributed by atoms with Gasteiger partial charge in [0.25, 0.3) is 0 Å². The molecule has 2 rings (SSSR count). The highest BCUT2D eigenvalue weighted by Crippen LogP contribution is 2.25. The zero-order valence-electron chi connectivity index (χ0n) is 10.7. The van der Waals surface area contributed by atoms with E-state index in [-0.39, 0.29) is 18.1 Å². The summed E-state index contributed by atoms with van der Waals surface area (Å²) in [6.45, 7) is 3.47. The second-order valence-electron chi connectivity index (χ2n) is 5.45. The van der Waals surface area contributed by atoms with Gasteiger partial charge in [-0.25, -0.2) is 0 Å². The monoisotopic (exact) mass is 240 g/mol. The third-order valence-electron chi connectivity index (χ3n) is 4.19. The molecule has 1 saturated carbocycles. The molecular weight excluding hydrogens is 216 g/mol. The van der Waals surface area contributed by atoms with Crippen LogP contribution in [0.3, 0.4) is 0 Å². The third-order valence-corrected chi connectivity index (χ3v) is 4.19. The van der Waals surface area contributed by atoms with E-state index < -0.39 is 0 Å². The Morgan fingerprint density at radius 3 is 2.76 bits per heavy atom. The summed E-state index contributed by atoms with van der Waals surface area (Å²) >= 11 is 0. The fourth-order valence-corrected chi connectivity index (χ4v) is 2.98. The Morgan fingerprint density at radius 2 is 2.12 bits per heavy atom. The minimum atomic E-state index is -0.240. The van der Waals surface area contributed by atoms with E-state index in [1.807, 2.05) is 0 Å². The molecule has 4 heteroatoms. The molecule has 2 fully saturated rings. The van der Waals surface area contributed by atoms with Crippen LogP contribution in [0.1, 0.15) is 39.0 Å². The Kier molecular flexibility index (Phi) is 4.40. The van der Waals surface area contributed by atoms with E-state index in [9.17, 15) is 4.79 Å². The molecule has 1 amide bonds. The van der Waals surface area contributed by atoms with Crippen LogP contribution in [0.25, 0.3) is 0 Å². The van der Waals surface area contributed by atoms with E-state index in [2.05, 4.69) is 12.2 Å². The number of amides is 1. The number of ether oxygens (including phenoxy) is 1. The average Bonchev–Trinajstić information content (AvgIpc) is 2.76. The molecule has 4 nitrogen and oxygen atoms in total. The number of nitrogens with one attached hydrogen (secondary N) is 1. The SMILES string of the molecule is CC1CCOC1C(=O)NC1CCCCC1CN. The van der Waals surface area contributed by atoms with Crippen LogP contribution < -0.4 is 11.1 Å². The predicted octanol–water partition coefficient (Wildman–Crippen LogP) is 1.05. The van der Waals surface area contributed by atoms with E-state index in [1.54, 1.807) is 0 Å². The van der Waals surface area contributed by atoms with Gasteiger partial charge in [-0.05, 0) is 37.6 Å². The maximum atomic E-state index is 12.1. The summed E-state index contributed by atoms with van der Waals surface area (Å²) in [6, 6.07) is 0.262. The van der Waals surface area contributed by atoms with Crippen LogP contribution in [0.4, 0.5) is 0 Å². The number of hydrogen-bond acceptors (Lipinski definition) is 3. The lowest BCUT2D eigenvalue weighted by Gasteiger charge is -2.32. The topological polar surface area (TPSA) is 64.3 Å². The Morgan fingerprint density at radius 1 is 1.35 bits per heavy atom. The molecule has 98 valence electrons. The van der Waals surface area contributed by atoms with Crippen molar-refractivity contribution >= 4 is 5.91 Å². The maximum absolute atomic E-state index is 12.1. The fourth-order valence-electron chi connectivity index (χ4n) is 2.98. The van der Waals surface area contributed by atoms with Gasteiger partial charge in [-0.1, -0.05) is 19.8 Å². The molecule has 4 unspecified atom stereocenters. The van der Waals surface area contributed by atoms with Crippen molar-refractivity contribution in [3.63, 3.8) is 0 Å². The number of nitrogens with two attached hydrogens (primary N) is 1. The molecular formula is C13H24N2O2. The molecule has 4 atom stereocenters. The maximum Gasteiger partial charge on any atom is 0.249 e. The fraction of sp³-hybridized carbons (Fsp3) is 0.923. The van der Waals surface area contributed by atoms with E-state index in [4.69, 9.17) is 10.5 Å². The van der Waals surface area contributed by atoms with E-state index >= 15 is 0 Å². The molecule has 0 aromatic heterocycles. The Labute approximate surface area is 103 Å². The lowest BCUT2D eigenvalue weighted by Crippen LogP contribution is -2.49. The first-order chi connectivity index (χ1) is 8.22. The average molecular weight is 240 g/mol. The van der Waals surface area contributed by atoms with Crippen LogP contribution in [0, 0.1) is 11.8 Å². The van der Waals surface area contributed by atoms with Crippen LogP contribution in [0.5, 0.6) is 0 Å². The van der Waals surface area contributed by atoms with Crippen LogP contribution in [-0.2, 0) is 9.53 Å². The van der Waals surface area contributed by atoms with Gasteiger partial charge in [-0.3, -0.25) is 4.79 Å². The minimum Gasteiger partial charge on any atom is -0.368 e. The van der Waals surface area contributed by atoms with Gasteiger partial charge >= 0.3 is 0 Å². The Bertz CT molecular complexity index is 270. The standard InChI is InChI=1S/C13H24N2O2/c1-9-6-7-17-12(9)13(16)15-11-5-3-2-4-10(11)8-14/h9-12H,2-8,14H2,1H3,(H,15,16). The highest BCUT2D eigenvalue weighted by Gasteiger charge is 2.33. The van der Waals surface area contributed by atoms with Crippen LogP contribution >= 0.6 is 0 Å². The summed E-state index contributed by atoms with van der Waals surface area (Å²) in [7, 11) is 0. The van der Waals surface area contributed by atoms with Crippen LogP contribution in [-0.4, -0.2) is 31.2 Å². The summed E-state index contributed by atoms with van der Waals surface area (Å²) in [5, 5.41) is 3.15. The largest absolute Gasteiger partial charge is 0.368 e. The van der Waals surface area contributed by atoms with Crippen molar-refractivity contribution in [2.45, 2.75) is 51.2 Å². The van der Waals surface area contributed by atoms with Gasteiger partial charge in [-0.2, -0.15) is 0 Å². The summed E-state index contributed by atoms with van der Waals surface area (Å²) in [4.78, 5) is 12.1. The molecule has 3 N–H and O–H groups in total. The van der Waals surface area contributed by atoms with E-state index in [0.29, 0.717) is 25.0 Å². The molecule has 1 aliphatic heterocycles. The normalized spacial score (nSPS) is 38.0. The van der Waals surface area contributed by atoms with Gasteiger partial charge in [0.05, 0.1) is 0 Å². The second kappa shape index (κ2) is 5.83. The van der Waals surface area contributed by atoms with E-state index in [1.165, 1.54) is 12.8 Å². The first-order valence-electron chi connectivity index (χ1n) is 6.84. The quantitative estimate of drug-likeness (QED) is 0.775. The van der Waals surface area contributed by atoms with Crippen LogP contribution in [0.15, 0.2) is 0 Å². The molecule has 2 aliphatic rings. The molecule has 0 bridgehead atoms. The lowest BCUT2D eigenvalue weighted by molar-refractivity contribution is -0.132. The molecule has 17 heavy (non-hydrogen) atoms. The van der Waals surface area contributed by atoms with Gasteiger partial charge in [0.15, 0.2) is 0 Å². The molecule has 0 aromatic rings.